The molecule has 21 heavy (non-hydrogen) atoms. The van der Waals surface area contributed by atoms with Crippen LogP contribution in [0.2, 0.25) is 0 Å². The molecule has 1 aromatic carbocycles. The van der Waals surface area contributed by atoms with E-state index in [0.717, 1.165) is 13.1 Å². The van der Waals surface area contributed by atoms with E-state index >= 15 is 0 Å². The molecular formula is C15H22N2O3S. The first-order valence-corrected chi connectivity index (χ1v) is 9.04. The zero-order valence-corrected chi connectivity index (χ0v) is 12.9. The summed E-state index contributed by atoms with van der Waals surface area (Å²) in [5.74, 6) is 0.0833. The molecule has 0 amide bonds. The van der Waals surface area contributed by atoms with E-state index < -0.39 is 10.0 Å². The van der Waals surface area contributed by atoms with Crippen LogP contribution in [-0.2, 0) is 10.0 Å². The largest absolute Gasteiger partial charge is 0.508 e. The van der Waals surface area contributed by atoms with E-state index in [2.05, 4.69) is 4.90 Å². The topological polar surface area (TPSA) is 60.9 Å². The fraction of sp³-hybridized carbons (Fsp3) is 0.600. The van der Waals surface area contributed by atoms with Crippen LogP contribution in [0.1, 0.15) is 25.7 Å². The van der Waals surface area contributed by atoms with Crippen LogP contribution in [0.3, 0.4) is 0 Å². The second kappa shape index (κ2) is 5.94. The molecule has 3 rings (SSSR count). The summed E-state index contributed by atoms with van der Waals surface area (Å²) in [6, 6.07) is 6.43. The second-order valence-corrected chi connectivity index (χ2v) is 7.81. The molecule has 0 unspecified atom stereocenters. The molecule has 1 aliphatic carbocycles. The van der Waals surface area contributed by atoms with Gasteiger partial charge in [0.1, 0.15) is 5.75 Å². The molecule has 0 atom stereocenters. The van der Waals surface area contributed by atoms with Crippen molar-refractivity contribution in [2.24, 2.45) is 0 Å². The molecule has 6 heteroatoms. The predicted octanol–water partition coefficient (Wildman–Crippen LogP) is 1.64. The maximum absolute atomic E-state index is 12.6. The average molecular weight is 310 g/mol. The SMILES string of the molecule is O=S(=O)(c1ccc(O)cc1)N1CCN(C2CCCC2)CC1. The highest BCUT2D eigenvalue weighted by molar-refractivity contribution is 7.89. The van der Waals surface area contributed by atoms with Crippen LogP contribution in [-0.4, -0.2) is 55.0 Å². The van der Waals surface area contributed by atoms with Crippen LogP contribution >= 0.6 is 0 Å². The van der Waals surface area contributed by atoms with Gasteiger partial charge >= 0.3 is 0 Å². The summed E-state index contributed by atoms with van der Waals surface area (Å²) in [7, 11) is -3.43. The maximum Gasteiger partial charge on any atom is 0.243 e. The van der Waals surface area contributed by atoms with Gasteiger partial charge in [-0.05, 0) is 37.1 Å². The lowest BCUT2D eigenvalue weighted by atomic mass is 10.2. The lowest BCUT2D eigenvalue weighted by molar-refractivity contribution is 0.139. The van der Waals surface area contributed by atoms with E-state index in [4.69, 9.17) is 0 Å². The Labute approximate surface area is 126 Å². The Kier molecular flexibility index (Phi) is 4.19. The van der Waals surface area contributed by atoms with Crippen molar-refractivity contribution in [3.63, 3.8) is 0 Å². The molecule has 116 valence electrons. The summed E-state index contributed by atoms with van der Waals surface area (Å²) in [6.07, 6.45) is 5.11. The third-order valence-corrected chi connectivity index (χ3v) is 6.50. The van der Waals surface area contributed by atoms with Crippen molar-refractivity contribution in [2.45, 2.75) is 36.6 Å². The fourth-order valence-corrected chi connectivity index (χ4v) is 4.77. The van der Waals surface area contributed by atoms with Gasteiger partial charge < -0.3 is 5.11 Å². The van der Waals surface area contributed by atoms with Crippen molar-refractivity contribution in [3.05, 3.63) is 24.3 Å². The number of piperazine rings is 1. The number of sulfonamides is 1. The monoisotopic (exact) mass is 310 g/mol. The normalized spacial score (nSPS) is 22.7. The number of nitrogens with zero attached hydrogens (tertiary/aromatic N) is 2. The molecule has 0 bridgehead atoms. The third-order valence-electron chi connectivity index (χ3n) is 4.59. The third kappa shape index (κ3) is 3.07. The average Bonchev–Trinajstić information content (AvgIpc) is 3.02. The Bertz CT molecular complexity index is 571. The van der Waals surface area contributed by atoms with Gasteiger partial charge in [-0.2, -0.15) is 4.31 Å². The molecule has 0 aromatic heterocycles. The molecule has 2 fully saturated rings. The number of rotatable bonds is 3. The first-order valence-electron chi connectivity index (χ1n) is 7.60. The summed E-state index contributed by atoms with van der Waals surface area (Å²) in [5, 5.41) is 9.27. The van der Waals surface area contributed by atoms with Crippen LogP contribution in [0.4, 0.5) is 0 Å². The fourth-order valence-electron chi connectivity index (χ4n) is 3.35. The van der Waals surface area contributed by atoms with Crippen LogP contribution in [0.5, 0.6) is 5.75 Å². The maximum atomic E-state index is 12.6. The van der Waals surface area contributed by atoms with E-state index in [-0.39, 0.29) is 10.6 Å². The Morgan fingerprint density at radius 1 is 0.952 bits per heavy atom. The van der Waals surface area contributed by atoms with Crippen molar-refractivity contribution in [1.82, 2.24) is 9.21 Å². The van der Waals surface area contributed by atoms with Gasteiger partial charge in [-0.1, -0.05) is 12.8 Å². The van der Waals surface area contributed by atoms with E-state index in [1.165, 1.54) is 49.9 Å². The smallest absolute Gasteiger partial charge is 0.243 e. The molecule has 1 N–H and O–H groups in total. The Morgan fingerprint density at radius 3 is 2.10 bits per heavy atom. The van der Waals surface area contributed by atoms with Gasteiger partial charge in [0.05, 0.1) is 4.90 Å². The molecule has 1 heterocycles. The molecule has 1 saturated carbocycles. The highest BCUT2D eigenvalue weighted by Crippen LogP contribution is 2.26. The van der Waals surface area contributed by atoms with Crippen LogP contribution < -0.4 is 0 Å². The van der Waals surface area contributed by atoms with Gasteiger partial charge in [0, 0.05) is 32.2 Å². The molecule has 5 nitrogen and oxygen atoms in total. The van der Waals surface area contributed by atoms with Gasteiger partial charge in [0.2, 0.25) is 10.0 Å². The Balaban J connectivity index is 1.66. The molecule has 1 aliphatic heterocycles. The van der Waals surface area contributed by atoms with Gasteiger partial charge in [-0.15, -0.1) is 0 Å². The first kappa shape index (κ1) is 14.8. The van der Waals surface area contributed by atoms with Gasteiger partial charge in [-0.25, -0.2) is 8.42 Å². The molecule has 0 radical (unpaired) electrons. The van der Waals surface area contributed by atoms with Gasteiger partial charge in [-0.3, -0.25) is 4.90 Å². The predicted molar refractivity (Wildman–Crippen MR) is 80.7 cm³/mol. The van der Waals surface area contributed by atoms with Crippen LogP contribution in [0.25, 0.3) is 0 Å². The van der Waals surface area contributed by atoms with E-state index in [1.54, 1.807) is 4.31 Å². The number of benzene rings is 1. The highest BCUT2D eigenvalue weighted by Gasteiger charge is 2.31. The molecular weight excluding hydrogens is 288 g/mol. The zero-order chi connectivity index (χ0) is 14.9. The summed E-state index contributed by atoms with van der Waals surface area (Å²) in [4.78, 5) is 2.70. The standard InChI is InChI=1S/C15H22N2O3S/c18-14-5-7-15(8-6-14)21(19,20)17-11-9-16(10-12-17)13-3-1-2-4-13/h5-8,13,18H,1-4,9-12H2. The van der Waals surface area contributed by atoms with Crippen molar-refractivity contribution in [1.29, 1.82) is 0 Å². The molecule has 1 saturated heterocycles. The van der Waals surface area contributed by atoms with Crippen LogP contribution in [0, 0.1) is 0 Å². The highest BCUT2D eigenvalue weighted by atomic mass is 32.2. The number of hydrogen-bond donors (Lipinski definition) is 1. The lowest BCUT2D eigenvalue weighted by Crippen LogP contribution is -2.51. The number of phenols is 1. The minimum absolute atomic E-state index is 0.0833. The molecule has 2 aliphatic rings. The molecule has 1 aromatic rings. The summed E-state index contributed by atoms with van der Waals surface area (Å²) in [5.41, 5.74) is 0. The van der Waals surface area contributed by atoms with Crippen molar-refractivity contribution < 1.29 is 13.5 Å². The summed E-state index contributed by atoms with van der Waals surface area (Å²) < 4.78 is 26.7. The van der Waals surface area contributed by atoms with Crippen molar-refractivity contribution >= 4 is 10.0 Å². The summed E-state index contributed by atoms with van der Waals surface area (Å²) in [6.45, 7) is 2.75. The molecule has 0 spiro atoms. The van der Waals surface area contributed by atoms with Gasteiger partial charge in [0.15, 0.2) is 0 Å². The minimum Gasteiger partial charge on any atom is -0.508 e. The van der Waals surface area contributed by atoms with Crippen molar-refractivity contribution in [3.8, 4) is 5.75 Å². The van der Waals surface area contributed by atoms with Crippen LogP contribution in [0.15, 0.2) is 29.2 Å². The minimum atomic E-state index is -3.43. The quantitative estimate of drug-likeness (QED) is 0.922. The summed E-state index contributed by atoms with van der Waals surface area (Å²) >= 11 is 0. The first-order chi connectivity index (χ1) is 10.1. The van der Waals surface area contributed by atoms with Crippen molar-refractivity contribution in [2.75, 3.05) is 26.2 Å². The second-order valence-electron chi connectivity index (χ2n) is 5.87. The number of phenolic OH excluding ortho intramolecular Hbond substituents is 1. The number of aromatic hydroxyl groups is 1. The van der Waals surface area contributed by atoms with E-state index in [1.807, 2.05) is 0 Å². The Morgan fingerprint density at radius 2 is 1.52 bits per heavy atom. The van der Waals surface area contributed by atoms with Gasteiger partial charge in [0.25, 0.3) is 0 Å². The van der Waals surface area contributed by atoms with E-state index in [9.17, 15) is 13.5 Å². The zero-order valence-electron chi connectivity index (χ0n) is 12.1. The lowest BCUT2D eigenvalue weighted by Gasteiger charge is -2.37. The number of hydrogen-bond acceptors (Lipinski definition) is 4. The Hall–Kier alpha value is -1.11. The van der Waals surface area contributed by atoms with E-state index in [0.29, 0.717) is 19.1 Å².